The fourth-order valence-corrected chi connectivity index (χ4v) is 1.62. The smallest absolute Gasteiger partial charge is 0.313 e. The molecule has 5 heteroatoms. The number of hydrogen-bond donors (Lipinski definition) is 0. The number of carbonyl (C=O) groups is 3. The van der Waals surface area contributed by atoms with Crippen LogP contribution in [0.25, 0.3) is 0 Å². The van der Waals surface area contributed by atoms with Crippen LogP contribution in [-0.2, 0) is 14.3 Å². The van der Waals surface area contributed by atoms with Gasteiger partial charge in [0, 0.05) is 10.0 Å². The highest BCUT2D eigenvalue weighted by molar-refractivity contribution is 9.10. The van der Waals surface area contributed by atoms with E-state index in [1.807, 2.05) is 0 Å². The van der Waals surface area contributed by atoms with Gasteiger partial charge in [-0.3, -0.25) is 14.4 Å². The number of ketones is 2. The summed E-state index contributed by atoms with van der Waals surface area (Å²) >= 11 is 3.26. The molecule has 18 heavy (non-hydrogen) atoms. The highest BCUT2D eigenvalue weighted by atomic mass is 79.9. The maximum absolute atomic E-state index is 11.7. The summed E-state index contributed by atoms with van der Waals surface area (Å²) in [6.07, 6.45) is -0.628. The number of benzene rings is 1. The van der Waals surface area contributed by atoms with Crippen LogP contribution in [0.1, 0.15) is 30.1 Å². The lowest BCUT2D eigenvalue weighted by molar-refractivity contribution is -0.145. The van der Waals surface area contributed by atoms with Crippen LogP contribution in [0.4, 0.5) is 0 Å². The fourth-order valence-electron chi connectivity index (χ4n) is 1.35. The lowest BCUT2D eigenvalue weighted by atomic mass is 10.0. The van der Waals surface area contributed by atoms with Gasteiger partial charge in [0.15, 0.2) is 11.6 Å². The van der Waals surface area contributed by atoms with Gasteiger partial charge in [0.25, 0.3) is 0 Å². The van der Waals surface area contributed by atoms with E-state index in [0.29, 0.717) is 5.56 Å². The Bertz CT molecular complexity index is 451. The first-order valence-electron chi connectivity index (χ1n) is 5.49. The Morgan fingerprint density at radius 1 is 1.11 bits per heavy atom. The van der Waals surface area contributed by atoms with Crippen LogP contribution in [0.5, 0.6) is 0 Å². The van der Waals surface area contributed by atoms with Crippen molar-refractivity contribution in [3.8, 4) is 0 Å². The number of Topliss-reactive ketones (excluding diaryl/α,β-unsaturated/α-hetero) is 2. The van der Waals surface area contributed by atoms with Crippen LogP contribution < -0.4 is 0 Å². The first kappa shape index (κ1) is 14.6. The number of carbonyl (C=O) groups excluding carboxylic acids is 3. The minimum atomic E-state index is -0.592. The van der Waals surface area contributed by atoms with Crippen LogP contribution in [-0.4, -0.2) is 24.1 Å². The average Bonchev–Trinajstić information content (AvgIpc) is 2.29. The molecule has 0 radical (unpaired) electrons. The summed E-state index contributed by atoms with van der Waals surface area (Å²) in [5.74, 6) is -1.32. The molecular weight excluding hydrogens is 300 g/mol. The molecule has 0 fully saturated rings. The molecule has 0 spiro atoms. The maximum atomic E-state index is 11.7. The summed E-state index contributed by atoms with van der Waals surface area (Å²) in [6.45, 7) is 1.89. The first-order chi connectivity index (χ1) is 8.52. The second-order valence-corrected chi connectivity index (χ2v) is 4.54. The Morgan fingerprint density at radius 2 is 1.72 bits per heavy atom. The van der Waals surface area contributed by atoms with Gasteiger partial charge in [-0.1, -0.05) is 28.1 Å². The van der Waals surface area contributed by atoms with E-state index in [4.69, 9.17) is 0 Å². The summed E-state index contributed by atoms with van der Waals surface area (Å²) < 4.78 is 5.50. The summed E-state index contributed by atoms with van der Waals surface area (Å²) in [4.78, 5) is 34.2. The van der Waals surface area contributed by atoms with E-state index in [0.717, 1.165) is 4.47 Å². The first-order valence-corrected chi connectivity index (χ1v) is 6.28. The van der Waals surface area contributed by atoms with Crippen LogP contribution in [0.15, 0.2) is 28.7 Å². The minimum Gasteiger partial charge on any atom is -0.466 e. The zero-order chi connectivity index (χ0) is 13.5. The predicted molar refractivity (Wildman–Crippen MR) is 69.3 cm³/mol. The van der Waals surface area contributed by atoms with E-state index in [2.05, 4.69) is 20.7 Å². The Kier molecular flexibility index (Phi) is 5.71. The molecule has 0 unspecified atom stereocenters. The minimum absolute atomic E-state index is 0.229. The fraction of sp³-hybridized carbons (Fsp3) is 0.308. The van der Waals surface area contributed by atoms with E-state index in [1.54, 1.807) is 31.2 Å². The van der Waals surface area contributed by atoms with Gasteiger partial charge < -0.3 is 4.74 Å². The molecule has 96 valence electrons. The van der Waals surface area contributed by atoms with Gasteiger partial charge in [0.1, 0.15) is 6.42 Å². The van der Waals surface area contributed by atoms with Crippen LogP contribution >= 0.6 is 15.9 Å². The monoisotopic (exact) mass is 312 g/mol. The molecule has 0 bridgehead atoms. The normalized spacial score (nSPS) is 9.89. The van der Waals surface area contributed by atoms with Crippen molar-refractivity contribution in [1.82, 2.24) is 0 Å². The standard InChI is InChI=1S/C13H13BrO4/c1-2-18-13(17)8-11(15)7-12(16)9-3-5-10(14)6-4-9/h3-6H,2,7-8H2,1H3. The Labute approximate surface area is 113 Å². The molecule has 1 rings (SSSR count). The molecule has 0 saturated carbocycles. The van der Waals surface area contributed by atoms with Crippen molar-refractivity contribution in [3.05, 3.63) is 34.3 Å². The summed E-state index contributed by atoms with van der Waals surface area (Å²) in [6, 6.07) is 6.71. The molecule has 0 aliphatic rings. The van der Waals surface area contributed by atoms with Crippen molar-refractivity contribution in [3.63, 3.8) is 0 Å². The molecule has 0 aliphatic heterocycles. The average molecular weight is 313 g/mol. The number of hydrogen-bond acceptors (Lipinski definition) is 4. The van der Waals surface area contributed by atoms with Crippen LogP contribution in [0, 0.1) is 0 Å². The second-order valence-electron chi connectivity index (χ2n) is 3.63. The van der Waals surface area contributed by atoms with Gasteiger partial charge in [0.2, 0.25) is 0 Å². The highest BCUT2D eigenvalue weighted by Gasteiger charge is 2.15. The lowest BCUT2D eigenvalue weighted by Gasteiger charge is -2.02. The third kappa shape index (κ3) is 4.79. The lowest BCUT2D eigenvalue weighted by Crippen LogP contribution is -2.14. The molecule has 0 aromatic heterocycles. The SMILES string of the molecule is CCOC(=O)CC(=O)CC(=O)c1ccc(Br)cc1. The second kappa shape index (κ2) is 7.06. The van der Waals surface area contributed by atoms with Crippen molar-refractivity contribution < 1.29 is 19.1 Å². The van der Waals surface area contributed by atoms with Gasteiger partial charge >= 0.3 is 5.97 Å². The third-order valence-electron chi connectivity index (χ3n) is 2.17. The summed E-state index contributed by atoms with van der Waals surface area (Å²) in [5, 5.41) is 0. The zero-order valence-electron chi connectivity index (χ0n) is 9.94. The number of esters is 1. The van der Waals surface area contributed by atoms with E-state index in [-0.39, 0.29) is 25.2 Å². The quantitative estimate of drug-likeness (QED) is 0.460. The van der Waals surface area contributed by atoms with E-state index < -0.39 is 11.8 Å². The third-order valence-corrected chi connectivity index (χ3v) is 2.70. The van der Waals surface area contributed by atoms with Crippen molar-refractivity contribution in [2.75, 3.05) is 6.61 Å². The largest absolute Gasteiger partial charge is 0.466 e. The van der Waals surface area contributed by atoms with Gasteiger partial charge in [-0.25, -0.2) is 0 Å². The topological polar surface area (TPSA) is 60.4 Å². The molecule has 0 aliphatic carbocycles. The van der Waals surface area contributed by atoms with E-state index in [1.165, 1.54) is 0 Å². The van der Waals surface area contributed by atoms with Crippen molar-refractivity contribution in [1.29, 1.82) is 0 Å². The number of ether oxygens (including phenoxy) is 1. The van der Waals surface area contributed by atoms with Gasteiger partial charge in [0.05, 0.1) is 13.0 Å². The molecule has 0 saturated heterocycles. The van der Waals surface area contributed by atoms with Crippen molar-refractivity contribution in [2.24, 2.45) is 0 Å². The summed E-state index contributed by atoms with van der Waals surface area (Å²) in [7, 11) is 0. The van der Waals surface area contributed by atoms with Crippen molar-refractivity contribution >= 4 is 33.5 Å². The Hall–Kier alpha value is -1.49. The number of rotatable bonds is 6. The number of halogens is 1. The van der Waals surface area contributed by atoms with Crippen molar-refractivity contribution in [2.45, 2.75) is 19.8 Å². The highest BCUT2D eigenvalue weighted by Crippen LogP contribution is 2.12. The molecular formula is C13H13BrO4. The van der Waals surface area contributed by atoms with Gasteiger partial charge in [-0.05, 0) is 19.1 Å². The van der Waals surface area contributed by atoms with Crippen LogP contribution in [0.3, 0.4) is 0 Å². The van der Waals surface area contributed by atoms with E-state index in [9.17, 15) is 14.4 Å². The summed E-state index contributed by atoms with van der Waals surface area (Å²) in [5.41, 5.74) is 0.454. The Morgan fingerprint density at radius 3 is 2.28 bits per heavy atom. The molecule has 0 heterocycles. The molecule has 0 atom stereocenters. The molecule has 4 nitrogen and oxygen atoms in total. The van der Waals surface area contributed by atoms with Gasteiger partial charge in [-0.15, -0.1) is 0 Å². The molecule has 0 amide bonds. The molecule has 0 N–H and O–H groups in total. The predicted octanol–water partition coefficient (Wildman–Crippen LogP) is 2.54. The Balaban J connectivity index is 2.52. The molecule has 1 aromatic carbocycles. The van der Waals surface area contributed by atoms with Gasteiger partial charge in [-0.2, -0.15) is 0 Å². The maximum Gasteiger partial charge on any atom is 0.313 e. The van der Waals surface area contributed by atoms with Crippen LogP contribution in [0.2, 0.25) is 0 Å². The molecule has 1 aromatic rings. The zero-order valence-corrected chi connectivity index (χ0v) is 11.5. The van der Waals surface area contributed by atoms with E-state index >= 15 is 0 Å².